The number of carbonyl (C=O) groups excluding carboxylic acids is 4. The third kappa shape index (κ3) is 5.00. The molecule has 1 unspecified atom stereocenters. The fourth-order valence-electron chi connectivity index (χ4n) is 5.11. The predicted molar refractivity (Wildman–Crippen MR) is 137 cm³/mol. The van der Waals surface area contributed by atoms with Crippen molar-refractivity contribution in [2.75, 3.05) is 13.1 Å². The van der Waals surface area contributed by atoms with Crippen LogP contribution in [-0.2, 0) is 33.8 Å². The van der Waals surface area contributed by atoms with Gasteiger partial charge >= 0.3 is 0 Å². The van der Waals surface area contributed by atoms with E-state index in [4.69, 9.17) is 5.73 Å². The van der Waals surface area contributed by atoms with Crippen LogP contribution in [0.3, 0.4) is 0 Å². The molecule has 38 heavy (non-hydrogen) atoms. The number of nitrogens with two attached hydrogens (primary N) is 1. The van der Waals surface area contributed by atoms with Gasteiger partial charge in [-0.05, 0) is 52.9 Å². The maximum Gasteiger partial charge on any atom is 0.248 e. The largest absolute Gasteiger partial charge is 0.366 e. The van der Waals surface area contributed by atoms with Crippen molar-refractivity contribution in [2.45, 2.75) is 31.5 Å². The van der Waals surface area contributed by atoms with E-state index in [-0.39, 0.29) is 36.3 Å². The van der Waals surface area contributed by atoms with Crippen molar-refractivity contribution in [3.63, 3.8) is 0 Å². The van der Waals surface area contributed by atoms with Gasteiger partial charge in [-0.2, -0.15) is 0 Å². The molecule has 0 aromatic heterocycles. The average Bonchev–Trinajstić information content (AvgIpc) is 2.92. The molecule has 2 atom stereocenters. The van der Waals surface area contributed by atoms with Crippen LogP contribution in [0.2, 0.25) is 0 Å². The number of fused-ring (bicyclic) bond motifs is 2. The summed E-state index contributed by atoms with van der Waals surface area (Å²) in [6, 6.07) is 18.1. The Morgan fingerprint density at radius 1 is 0.947 bits per heavy atom. The summed E-state index contributed by atoms with van der Waals surface area (Å²) in [5.41, 5.74) is 8.95. The van der Waals surface area contributed by atoms with Crippen LogP contribution < -0.4 is 11.1 Å². The van der Waals surface area contributed by atoms with Crippen LogP contribution in [0.25, 0.3) is 0 Å². The summed E-state index contributed by atoms with van der Waals surface area (Å²) in [4.78, 5) is 55.0. The number of primary amides is 1. The number of rotatable bonds is 7. The number of nitrogens with zero attached hydrogens (tertiary/aromatic N) is 2. The fourth-order valence-corrected chi connectivity index (χ4v) is 5.11. The summed E-state index contributed by atoms with van der Waals surface area (Å²) in [6.45, 7) is 0.353. The lowest BCUT2D eigenvalue weighted by molar-refractivity contribution is -0.161. The predicted octanol–water partition coefficient (Wildman–Crippen LogP) is 2.12. The molecule has 0 saturated carbocycles. The summed E-state index contributed by atoms with van der Waals surface area (Å²) < 4.78 is 13.2. The fraction of sp³-hybridized carbons (Fsp3) is 0.241. The van der Waals surface area contributed by atoms with Gasteiger partial charge in [0.1, 0.15) is 24.4 Å². The number of hydrogen-bond acceptors (Lipinski definition) is 4. The van der Waals surface area contributed by atoms with Crippen LogP contribution >= 0.6 is 0 Å². The highest BCUT2D eigenvalue weighted by molar-refractivity contribution is 5.99. The number of benzene rings is 3. The number of halogens is 1. The summed E-state index contributed by atoms with van der Waals surface area (Å²) in [5, 5.41) is 2.86. The lowest BCUT2D eigenvalue weighted by Gasteiger charge is -2.45. The first-order valence-electron chi connectivity index (χ1n) is 12.4. The summed E-state index contributed by atoms with van der Waals surface area (Å²) >= 11 is 0. The first-order chi connectivity index (χ1) is 18.3. The van der Waals surface area contributed by atoms with Gasteiger partial charge in [0.05, 0.1) is 0 Å². The quantitative estimate of drug-likeness (QED) is 0.503. The molecule has 1 saturated heterocycles. The first-order valence-corrected chi connectivity index (χ1v) is 12.4. The molecule has 3 N–H and O–H groups in total. The molecule has 2 aliphatic rings. The van der Waals surface area contributed by atoms with Crippen LogP contribution in [0.15, 0.2) is 72.8 Å². The van der Waals surface area contributed by atoms with Crippen molar-refractivity contribution >= 4 is 23.6 Å². The van der Waals surface area contributed by atoms with Crippen molar-refractivity contribution in [3.05, 3.63) is 106 Å². The highest BCUT2D eigenvalue weighted by Crippen LogP contribution is 2.32. The second-order valence-corrected chi connectivity index (χ2v) is 9.53. The molecule has 3 aromatic carbocycles. The van der Waals surface area contributed by atoms with Crippen molar-refractivity contribution < 1.29 is 23.6 Å². The summed E-state index contributed by atoms with van der Waals surface area (Å²) in [5.74, 6) is -1.95. The van der Waals surface area contributed by atoms with Crippen LogP contribution in [0.5, 0.6) is 0 Å². The highest BCUT2D eigenvalue weighted by Gasteiger charge is 2.46. The van der Waals surface area contributed by atoms with Gasteiger partial charge in [-0.1, -0.05) is 48.5 Å². The maximum atomic E-state index is 13.8. The first kappa shape index (κ1) is 25.1. The molecule has 0 radical (unpaired) electrons. The van der Waals surface area contributed by atoms with Crippen LogP contribution in [0, 0.1) is 5.82 Å². The normalized spacial score (nSPS) is 17.4. The third-order valence-corrected chi connectivity index (χ3v) is 7.14. The number of nitrogens with one attached hydrogen (secondary N) is 1. The van der Waals surface area contributed by atoms with E-state index in [1.165, 1.54) is 29.2 Å². The van der Waals surface area contributed by atoms with E-state index in [2.05, 4.69) is 5.32 Å². The van der Waals surface area contributed by atoms with Gasteiger partial charge in [-0.3, -0.25) is 19.2 Å². The van der Waals surface area contributed by atoms with Gasteiger partial charge in [0, 0.05) is 25.1 Å². The lowest BCUT2D eigenvalue weighted by Crippen LogP contribution is -2.63. The Bertz CT molecular complexity index is 1390. The Kier molecular flexibility index (Phi) is 6.91. The molecule has 3 aromatic rings. The summed E-state index contributed by atoms with van der Waals surface area (Å²) in [7, 11) is 0. The van der Waals surface area contributed by atoms with Gasteiger partial charge in [0.2, 0.25) is 23.6 Å². The Morgan fingerprint density at radius 2 is 1.63 bits per heavy atom. The molecule has 8 nitrogen and oxygen atoms in total. The molecular weight excluding hydrogens is 487 g/mol. The maximum absolute atomic E-state index is 13.8. The highest BCUT2D eigenvalue weighted by atomic mass is 19.1. The zero-order valence-electron chi connectivity index (χ0n) is 20.6. The molecule has 0 spiro atoms. The van der Waals surface area contributed by atoms with Crippen molar-refractivity contribution in [3.8, 4) is 0 Å². The van der Waals surface area contributed by atoms with Crippen LogP contribution in [-0.4, -0.2) is 52.6 Å². The Hall–Kier alpha value is -4.53. The van der Waals surface area contributed by atoms with Gasteiger partial charge in [-0.15, -0.1) is 0 Å². The second-order valence-electron chi connectivity index (χ2n) is 9.53. The molecule has 2 heterocycles. The van der Waals surface area contributed by atoms with E-state index >= 15 is 0 Å². The third-order valence-electron chi connectivity index (χ3n) is 7.14. The lowest BCUT2D eigenvalue weighted by atomic mass is 9.90. The van der Waals surface area contributed by atoms with Crippen LogP contribution in [0.1, 0.15) is 38.7 Å². The molecule has 0 aliphatic carbocycles. The second kappa shape index (κ2) is 10.5. The smallest absolute Gasteiger partial charge is 0.248 e. The minimum Gasteiger partial charge on any atom is -0.366 e. The van der Waals surface area contributed by atoms with Crippen molar-refractivity contribution in [2.24, 2.45) is 5.73 Å². The minimum absolute atomic E-state index is 0.234. The van der Waals surface area contributed by atoms with E-state index in [0.29, 0.717) is 24.9 Å². The van der Waals surface area contributed by atoms with Gasteiger partial charge in [0.15, 0.2) is 0 Å². The molecule has 0 bridgehead atoms. The molecule has 1 fully saturated rings. The van der Waals surface area contributed by atoms with E-state index in [1.807, 2.05) is 24.3 Å². The van der Waals surface area contributed by atoms with Gasteiger partial charge in [0.25, 0.3) is 0 Å². The number of amides is 4. The molecular formula is C29H27FN4O4. The Morgan fingerprint density at radius 3 is 2.32 bits per heavy atom. The van der Waals surface area contributed by atoms with E-state index < -0.39 is 23.9 Å². The SMILES string of the molecule is NC(=O)c1ccc(C(C(=O)NCCc2ccc(F)cc2)N2CC(=O)N3Cc4ccccc4C[C@H]3C2=O)cc1. The van der Waals surface area contributed by atoms with Crippen molar-refractivity contribution in [1.29, 1.82) is 0 Å². The van der Waals surface area contributed by atoms with E-state index in [9.17, 15) is 23.6 Å². The Labute approximate surface area is 219 Å². The average molecular weight is 515 g/mol. The zero-order chi connectivity index (χ0) is 26.8. The van der Waals surface area contributed by atoms with E-state index in [1.54, 1.807) is 29.2 Å². The monoisotopic (exact) mass is 514 g/mol. The number of hydrogen-bond donors (Lipinski definition) is 2. The number of carbonyl (C=O) groups is 4. The Balaban J connectivity index is 1.41. The van der Waals surface area contributed by atoms with Gasteiger partial charge < -0.3 is 20.9 Å². The van der Waals surface area contributed by atoms with Gasteiger partial charge in [-0.25, -0.2) is 4.39 Å². The molecule has 4 amide bonds. The molecule has 5 rings (SSSR count). The zero-order valence-corrected chi connectivity index (χ0v) is 20.6. The van der Waals surface area contributed by atoms with Crippen molar-refractivity contribution in [1.82, 2.24) is 15.1 Å². The minimum atomic E-state index is -1.08. The topological polar surface area (TPSA) is 113 Å². The standard InChI is InChI=1S/C29H27FN4O4/c30-23-11-5-18(6-12-23)13-14-32-28(37)26(19-7-9-20(10-8-19)27(31)36)34-17-25(35)33-16-22-4-2-1-3-21(22)15-24(33)29(34)38/h1-12,24,26H,13-17H2,(H2,31,36)(H,32,37)/t24-,26?/m0/s1. The summed E-state index contributed by atoms with van der Waals surface area (Å²) in [6.07, 6.45) is 0.830. The van der Waals surface area contributed by atoms with Crippen LogP contribution in [0.4, 0.5) is 4.39 Å². The molecule has 194 valence electrons. The molecule has 9 heteroatoms. The molecule has 2 aliphatic heterocycles. The van der Waals surface area contributed by atoms with E-state index in [0.717, 1.165) is 16.7 Å². The number of piperazine rings is 1.